The number of nitro groups is 1. The third-order valence-electron chi connectivity index (χ3n) is 5.16. The van der Waals surface area contributed by atoms with Gasteiger partial charge in [-0.25, -0.2) is 8.42 Å². The molecule has 144 valence electrons. The first-order valence-electron chi connectivity index (χ1n) is 9.08. The molecule has 3 rings (SSSR count). The molecule has 2 fully saturated rings. The lowest BCUT2D eigenvalue weighted by atomic mass is 9.99. The van der Waals surface area contributed by atoms with Crippen LogP contribution in [0.3, 0.4) is 0 Å². The highest BCUT2D eigenvalue weighted by atomic mass is 32.2. The molecule has 2 aliphatic heterocycles. The predicted molar refractivity (Wildman–Crippen MR) is 98.0 cm³/mol. The van der Waals surface area contributed by atoms with Gasteiger partial charge in [-0.2, -0.15) is 4.31 Å². The maximum absolute atomic E-state index is 12.8. The van der Waals surface area contributed by atoms with Crippen molar-refractivity contribution < 1.29 is 18.1 Å². The van der Waals surface area contributed by atoms with Crippen molar-refractivity contribution in [2.75, 3.05) is 37.7 Å². The van der Waals surface area contributed by atoms with Crippen LogP contribution in [0.2, 0.25) is 0 Å². The third-order valence-corrected chi connectivity index (χ3v) is 7.05. The van der Waals surface area contributed by atoms with Gasteiger partial charge >= 0.3 is 0 Å². The van der Waals surface area contributed by atoms with Crippen molar-refractivity contribution in [3.63, 3.8) is 0 Å². The number of rotatable bonds is 5. The van der Waals surface area contributed by atoms with Gasteiger partial charge in [0, 0.05) is 31.7 Å². The second-order valence-electron chi connectivity index (χ2n) is 6.68. The predicted octanol–water partition coefficient (Wildman–Crippen LogP) is 2.38. The number of sulfonamides is 1. The third kappa shape index (κ3) is 3.70. The van der Waals surface area contributed by atoms with Crippen molar-refractivity contribution in [2.24, 2.45) is 0 Å². The molecule has 1 atom stereocenters. The maximum Gasteiger partial charge on any atom is 0.293 e. The average molecular weight is 383 g/mol. The van der Waals surface area contributed by atoms with Crippen LogP contribution in [0.5, 0.6) is 0 Å². The molecular weight excluding hydrogens is 358 g/mol. The summed E-state index contributed by atoms with van der Waals surface area (Å²) in [5, 5.41) is 11.7. The summed E-state index contributed by atoms with van der Waals surface area (Å²) in [7, 11) is -3.75. The second-order valence-corrected chi connectivity index (χ2v) is 8.61. The zero-order chi connectivity index (χ0) is 18.7. The molecule has 0 amide bonds. The fourth-order valence-electron chi connectivity index (χ4n) is 3.73. The summed E-state index contributed by atoms with van der Waals surface area (Å²) in [6, 6.07) is 4.55. The average Bonchev–Trinajstić information content (AvgIpc) is 2.68. The Kier molecular flexibility index (Phi) is 5.79. The van der Waals surface area contributed by atoms with Gasteiger partial charge in [0.2, 0.25) is 10.0 Å². The SMILES string of the molecule is CC[C@H]1CCCCN1c1ccc(S(=O)(=O)N2CCOCC2)cc1[N+](=O)[O-]. The van der Waals surface area contributed by atoms with E-state index in [-0.39, 0.29) is 29.7 Å². The zero-order valence-electron chi connectivity index (χ0n) is 15.0. The highest BCUT2D eigenvalue weighted by Crippen LogP contribution is 2.36. The number of piperidine rings is 1. The smallest absolute Gasteiger partial charge is 0.293 e. The standard InChI is InChI=1S/C17H25N3O5S/c1-2-14-5-3-4-8-19(14)16-7-6-15(13-17(16)20(21)22)26(23,24)18-9-11-25-12-10-18/h6-7,13-14H,2-5,8-12H2,1H3/t14-/m0/s1. The van der Waals surface area contributed by atoms with E-state index in [0.717, 1.165) is 32.2 Å². The minimum atomic E-state index is -3.75. The summed E-state index contributed by atoms with van der Waals surface area (Å²) in [6.45, 7) is 4.04. The number of anilines is 1. The van der Waals surface area contributed by atoms with Gasteiger partial charge in [-0.05, 0) is 37.8 Å². The highest BCUT2D eigenvalue weighted by molar-refractivity contribution is 7.89. The molecule has 2 saturated heterocycles. The summed E-state index contributed by atoms with van der Waals surface area (Å²) in [5.74, 6) is 0. The van der Waals surface area contributed by atoms with Crippen molar-refractivity contribution in [3.8, 4) is 0 Å². The van der Waals surface area contributed by atoms with E-state index in [9.17, 15) is 18.5 Å². The quantitative estimate of drug-likeness (QED) is 0.572. The van der Waals surface area contributed by atoms with E-state index >= 15 is 0 Å². The number of hydrogen-bond donors (Lipinski definition) is 0. The van der Waals surface area contributed by atoms with Crippen molar-refractivity contribution in [1.29, 1.82) is 0 Å². The van der Waals surface area contributed by atoms with E-state index in [1.54, 1.807) is 6.07 Å². The van der Waals surface area contributed by atoms with Gasteiger partial charge in [0.1, 0.15) is 5.69 Å². The number of nitro benzene ring substituents is 1. The molecule has 0 saturated carbocycles. The van der Waals surface area contributed by atoms with Gasteiger partial charge < -0.3 is 9.64 Å². The second kappa shape index (κ2) is 7.89. The number of morpholine rings is 1. The lowest BCUT2D eigenvalue weighted by Crippen LogP contribution is -2.41. The van der Waals surface area contributed by atoms with Gasteiger partial charge in [-0.1, -0.05) is 6.92 Å². The van der Waals surface area contributed by atoms with Gasteiger partial charge in [-0.3, -0.25) is 10.1 Å². The fraction of sp³-hybridized carbons (Fsp3) is 0.647. The van der Waals surface area contributed by atoms with Crippen molar-refractivity contribution in [1.82, 2.24) is 4.31 Å². The lowest BCUT2D eigenvalue weighted by Gasteiger charge is -2.36. The van der Waals surface area contributed by atoms with Crippen molar-refractivity contribution >= 4 is 21.4 Å². The maximum atomic E-state index is 12.8. The molecule has 0 bridgehead atoms. The Hall–Kier alpha value is -1.71. The van der Waals surface area contributed by atoms with Crippen LogP contribution in [0.4, 0.5) is 11.4 Å². The van der Waals surface area contributed by atoms with Gasteiger partial charge in [0.25, 0.3) is 5.69 Å². The topological polar surface area (TPSA) is 93.0 Å². The van der Waals surface area contributed by atoms with Crippen LogP contribution in [0, 0.1) is 10.1 Å². The fourth-order valence-corrected chi connectivity index (χ4v) is 5.16. The van der Waals surface area contributed by atoms with Crippen LogP contribution in [-0.4, -0.2) is 56.5 Å². The van der Waals surface area contributed by atoms with Crippen LogP contribution >= 0.6 is 0 Å². The van der Waals surface area contributed by atoms with E-state index in [4.69, 9.17) is 4.74 Å². The minimum Gasteiger partial charge on any atom is -0.379 e. The first-order valence-corrected chi connectivity index (χ1v) is 10.5. The molecule has 0 N–H and O–H groups in total. The molecular formula is C17H25N3O5S. The van der Waals surface area contributed by atoms with E-state index in [0.29, 0.717) is 18.9 Å². The van der Waals surface area contributed by atoms with Crippen LogP contribution < -0.4 is 4.90 Å². The molecule has 9 heteroatoms. The Balaban J connectivity index is 1.98. The summed E-state index contributed by atoms with van der Waals surface area (Å²) in [6.07, 6.45) is 4.01. The van der Waals surface area contributed by atoms with Gasteiger partial charge in [-0.15, -0.1) is 0 Å². The zero-order valence-corrected chi connectivity index (χ0v) is 15.8. The highest BCUT2D eigenvalue weighted by Gasteiger charge is 2.31. The summed E-state index contributed by atoms with van der Waals surface area (Å²) < 4.78 is 32.1. The normalized spacial score (nSPS) is 22.3. The molecule has 2 heterocycles. The van der Waals surface area contributed by atoms with Crippen LogP contribution in [0.1, 0.15) is 32.6 Å². The van der Waals surface area contributed by atoms with E-state index < -0.39 is 14.9 Å². The van der Waals surface area contributed by atoms with Crippen LogP contribution in [0.15, 0.2) is 23.1 Å². The van der Waals surface area contributed by atoms with Gasteiger partial charge in [0.05, 0.1) is 23.0 Å². The Morgan fingerprint density at radius 3 is 2.62 bits per heavy atom. The number of ether oxygens (including phenoxy) is 1. The molecule has 1 aromatic rings. The molecule has 2 aliphatic rings. The molecule has 8 nitrogen and oxygen atoms in total. The monoisotopic (exact) mass is 383 g/mol. The first kappa shape index (κ1) is 19.1. The molecule has 0 aliphatic carbocycles. The lowest BCUT2D eigenvalue weighted by molar-refractivity contribution is -0.384. The van der Waals surface area contributed by atoms with Gasteiger partial charge in [0.15, 0.2) is 0 Å². The van der Waals surface area contributed by atoms with Crippen LogP contribution in [0.25, 0.3) is 0 Å². The number of hydrogen-bond acceptors (Lipinski definition) is 6. The van der Waals surface area contributed by atoms with Crippen molar-refractivity contribution in [3.05, 3.63) is 28.3 Å². The Bertz CT molecular complexity index is 762. The number of nitrogens with zero attached hydrogens (tertiary/aromatic N) is 3. The summed E-state index contributed by atoms with van der Waals surface area (Å²) in [4.78, 5) is 13.2. The minimum absolute atomic E-state index is 0.0279. The van der Waals surface area contributed by atoms with E-state index in [2.05, 4.69) is 11.8 Å². The van der Waals surface area contributed by atoms with Crippen molar-refractivity contribution in [2.45, 2.75) is 43.5 Å². The van der Waals surface area contributed by atoms with E-state index in [1.165, 1.54) is 16.4 Å². The Morgan fingerprint density at radius 1 is 1.23 bits per heavy atom. The Morgan fingerprint density at radius 2 is 1.96 bits per heavy atom. The molecule has 0 unspecified atom stereocenters. The Labute approximate surface area is 153 Å². The van der Waals surface area contributed by atoms with E-state index in [1.807, 2.05) is 0 Å². The van der Waals surface area contributed by atoms with Crippen LogP contribution in [-0.2, 0) is 14.8 Å². The first-order chi connectivity index (χ1) is 12.4. The molecule has 0 spiro atoms. The molecule has 0 radical (unpaired) electrons. The molecule has 0 aromatic heterocycles. The summed E-state index contributed by atoms with van der Waals surface area (Å²) in [5.41, 5.74) is 0.377. The molecule has 1 aromatic carbocycles. The molecule has 26 heavy (non-hydrogen) atoms. The largest absolute Gasteiger partial charge is 0.379 e. The summed E-state index contributed by atoms with van der Waals surface area (Å²) >= 11 is 0. The number of benzene rings is 1.